The SMILES string of the molecule is CC(C)(C)OC(=O)NC1CCC(CCCl)C1. The Labute approximate surface area is 103 Å². The van der Waals surface area contributed by atoms with Crippen molar-refractivity contribution in [2.75, 3.05) is 5.88 Å². The van der Waals surface area contributed by atoms with E-state index in [0.717, 1.165) is 25.7 Å². The number of amides is 1. The highest BCUT2D eigenvalue weighted by atomic mass is 35.5. The van der Waals surface area contributed by atoms with E-state index >= 15 is 0 Å². The highest BCUT2D eigenvalue weighted by Crippen LogP contribution is 2.28. The van der Waals surface area contributed by atoms with Crippen LogP contribution < -0.4 is 5.32 Å². The molecule has 1 aliphatic rings. The first kappa shape index (κ1) is 13.6. The van der Waals surface area contributed by atoms with Crippen molar-refractivity contribution in [3.05, 3.63) is 0 Å². The van der Waals surface area contributed by atoms with Crippen molar-refractivity contribution < 1.29 is 9.53 Å². The molecule has 0 aromatic heterocycles. The summed E-state index contributed by atoms with van der Waals surface area (Å²) >= 11 is 5.71. The molecule has 0 aliphatic heterocycles. The Bertz CT molecular complexity index is 238. The van der Waals surface area contributed by atoms with Crippen LogP contribution in [0.15, 0.2) is 0 Å². The Morgan fingerprint density at radius 3 is 2.69 bits per heavy atom. The van der Waals surface area contributed by atoms with Crippen LogP contribution in [0.25, 0.3) is 0 Å². The molecule has 1 saturated carbocycles. The molecule has 0 bridgehead atoms. The number of rotatable bonds is 3. The number of alkyl carbamates (subject to hydrolysis) is 1. The Hall–Kier alpha value is -0.440. The zero-order valence-electron chi connectivity index (χ0n) is 10.4. The highest BCUT2D eigenvalue weighted by molar-refractivity contribution is 6.17. The lowest BCUT2D eigenvalue weighted by Crippen LogP contribution is -2.37. The lowest BCUT2D eigenvalue weighted by atomic mass is 10.1. The zero-order chi connectivity index (χ0) is 12.2. The van der Waals surface area contributed by atoms with Crippen molar-refractivity contribution in [3.63, 3.8) is 0 Å². The summed E-state index contributed by atoms with van der Waals surface area (Å²) in [6.45, 7) is 5.62. The first-order valence-corrected chi connectivity index (χ1v) is 6.49. The summed E-state index contributed by atoms with van der Waals surface area (Å²) in [5, 5.41) is 2.92. The normalized spacial score (nSPS) is 25.5. The molecule has 3 nitrogen and oxygen atoms in total. The Morgan fingerprint density at radius 2 is 2.12 bits per heavy atom. The van der Waals surface area contributed by atoms with E-state index in [9.17, 15) is 4.79 Å². The van der Waals surface area contributed by atoms with Crippen LogP contribution >= 0.6 is 11.6 Å². The maximum absolute atomic E-state index is 11.5. The molecule has 0 saturated heterocycles. The van der Waals surface area contributed by atoms with Gasteiger partial charge in [0.2, 0.25) is 0 Å². The van der Waals surface area contributed by atoms with Gasteiger partial charge in [-0.05, 0) is 52.4 Å². The van der Waals surface area contributed by atoms with Crippen molar-refractivity contribution in [2.24, 2.45) is 5.92 Å². The Balaban J connectivity index is 2.26. The number of carbonyl (C=O) groups excluding carboxylic acids is 1. The van der Waals surface area contributed by atoms with E-state index in [1.54, 1.807) is 0 Å². The lowest BCUT2D eigenvalue weighted by molar-refractivity contribution is 0.0504. The molecule has 94 valence electrons. The zero-order valence-corrected chi connectivity index (χ0v) is 11.1. The third-order valence-corrected chi connectivity index (χ3v) is 3.00. The van der Waals surface area contributed by atoms with Crippen LogP contribution in [0.4, 0.5) is 4.79 Å². The number of ether oxygens (including phenoxy) is 1. The van der Waals surface area contributed by atoms with Crippen LogP contribution in [0.1, 0.15) is 46.5 Å². The van der Waals surface area contributed by atoms with E-state index in [-0.39, 0.29) is 12.1 Å². The lowest BCUT2D eigenvalue weighted by Gasteiger charge is -2.21. The monoisotopic (exact) mass is 247 g/mol. The Morgan fingerprint density at radius 1 is 1.44 bits per heavy atom. The van der Waals surface area contributed by atoms with Gasteiger partial charge in [0, 0.05) is 11.9 Å². The second-order valence-electron chi connectivity index (χ2n) is 5.50. The van der Waals surface area contributed by atoms with E-state index in [0.29, 0.717) is 11.8 Å². The van der Waals surface area contributed by atoms with Crippen molar-refractivity contribution >= 4 is 17.7 Å². The van der Waals surface area contributed by atoms with Crippen molar-refractivity contribution in [3.8, 4) is 0 Å². The van der Waals surface area contributed by atoms with Gasteiger partial charge < -0.3 is 10.1 Å². The van der Waals surface area contributed by atoms with Gasteiger partial charge in [-0.2, -0.15) is 0 Å². The molecule has 16 heavy (non-hydrogen) atoms. The minimum Gasteiger partial charge on any atom is -0.444 e. The van der Waals surface area contributed by atoms with Gasteiger partial charge in [0.15, 0.2) is 0 Å². The maximum atomic E-state index is 11.5. The summed E-state index contributed by atoms with van der Waals surface area (Å²) in [5.41, 5.74) is -0.418. The van der Waals surface area contributed by atoms with Crippen LogP contribution in [0, 0.1) is 5.92 Å². The molecule has 0 aromatic rings. The van der Waals surface area contributed by atoms with Gasteiger partial charge in [-0.1, -0.05) is 0 Å². The number of hydrogen-bond acceptors (Lipinski definition) is 2. The maximum Gasteiger partial charge on any atom is 0.407 e. The van der Waals surface area contributed by atoms with Gasteiger partial charge in [-0.3, -0.25) is 0 Å². The molecule has 0 spiro atoms. The van der Waals surface area contributed by atoms with E-state index < -0.39 is 5.60 Å². The van der Waals surface area contributed by atoms with Crippen LogP contribution in [0.2, 0.25) is 0 Å². The molecule has 1 amide bonds. The molecular weight excluding hydrogens is 226 g/mol. The van der Waals surface area contributed by atoms with Gasteiger partial charge >= 0.3 is 6.09 Å². The van der Waals surface area contributed by atoms with Crippen LogP contribution in [0.3, 0.4) is 0 Å². The molecule has 2 atom stereocenters. The minimum absolute atomic E-state index is 0.267. The van der Waals surface area contributed by atoms with E-state index in [4.69, 9.17) is 16.3 Å². The number of carbonyl (C=O) groups is 1. The third-order valence-electron chi connectivity index (χ3n) is 2.78. The fraction of sp³-hybridized carbons (Fsp3) is 0.917. The first-order chi connectivity index (χ1) is 7.40. The highest BCUT2D eigenvalue weighted by Gasteiger charge is 2.27. The fourth-order valence-corrected chi connectivity index (χ4v) is 2.41. The smallest absolute Gasteiger partial charge is 0.407 e. The summed E-state index contributed by atoms with van der Waals surface area (Å²) in [4.78, 5) is 11.5. The average Bonchev–Trinajstić information content (AvgIpc) is 2.49. The summed E-state index contributed by atoms with van der Waals surface area (Å²) in [6, 6.07) is 0.267. The van der Waals surface area contributed by atoms with Crippen molar-refractivity contribution in [1.29, 1.82) is 0 Å². The van der Waals surface area contributed by atoms with Gasteiger partial charge in [0.25, 0.3) is 0 Å². The number of nitrogens with one attached hydrogen (secondary N) is 1. The second kappa shape index (κ2) is 5.76. The third kappa shape index (κ3) is 5.06. The standard InChI is InChI=1S/C12H22ClNO2/c1-12(2,3)16-11(15)14-10-5-4-9(8-10)6-7-13/h9-10H,4-8H2,1-3H3,(H,14,15). The summed E-state index contributed by atoms with van der Waals surface area (Å²) in [6.07, 6.45) is 3.98. The van der Waals surface area contributed by atoms with Crippen molar-refractivity contribution in [1.82, 2.24) is 5.32 Å². The predicted molar refractivity (Wildman–Crippen MR) is 65.8 cm³/mol. The molecule has 0 aromatic carbocycles. The number of hydrogen-bond donors (Lipinski definition) is 1. The Kier molecular flexibility index (Phi) is 4.90. The van der Waals surface area contributed by atoms with E-state index in [2.05, 4.69) is 5.32 Å². The van der Waals surface area contributed by atoms with Crippen molar-refractivity contribution in [2.45, 2.75) is 58.1 Å². The average molecular weight is 248 g/mol. The topological polar surface area (TPSA) is 38.3 Å². The van der Waals surface area contributed by atoms with Gasteiger partial charge in [0.1, 0.15) is 5.60 Å². The summed E-state index contributed by atoms with van der Waals surface area (Å²) in [5.74, 6) is 1.38. The number of alkyl halides is 1. The van der Waals surface area contributed by atoms with E-state index in [1.807, 2.05) is 20.8 Å². The molecule has 1 aliphatic carbocycles. The molecule has 1 rings (SSSR count). The fourth-order valence-electron chi connectivity index (χ4n) is 2.10. The first-order valence-electron chi connectivity index (χ1n) is 5.96. The molecule has 1 fully saturated rings. The summed E-state index contributed by atoms with van der Waals surface area (Å²) < 4.78 is 5.22. The molecule has 0 heterocycles. The molecule has 1 N–H and O–H groups in total. The summed E-state index contributed by atoms with van der Waals surface area (Å²) in [7, 11) is 0. The van der Waals surface area contributed by atoms with E-state index in [1.165, 1.54) is 0 Å². The quantitative estimate of drug-likeness (QED) is 0.777. The molecular formula is C12H22ClNO2. The van der Waals surface area contributed by atoms with Gasteiger partial charge in [0.05, 0.1) is 0 Å². The van der Waals surface area contributed by atoms with Crippen LogP contribution in [-0.4, -0.2) is 23.6 Å². The molecule has 2 unspecified atom stereocenters. The minimum atomic E-state index is -0.418. The molecule has 0 radical (unpaired) electrons. The molecule has 4 heteroatoms. The number of halogens is 1. The van der Waals surface area contributed by atoms with Crippen LogP contribution in [0.5, 0.6) is 0 Å². The largest absolute Gasteiger partial charge is 0.444 e. The van der Waals surface area contributed by atoms with Gasteiger partial charge in [-0.15, -0.1) is 11.6 Å². The van der Waals surface area contributed by atoms with Crippen LogP contribution in [-0.2, 0) is 4.74 Å². The predicted octanol–water partition coefficient (Wildman–Crippen LogP) is 3.31. The second-order valence-corrected chi connectivity index (χ2v) is 5.88. The van der Waals surface area contributed by atoms with Gasteiger partial charge in [-0.25, -0.2) is 4.79 Å².